The van der Waals surface area contributed by atoms with Gasteiger partial charge in [0.25, 0.3) is 0 Å². The molecule has 2 saturated heterocycles. The Labute approximate surface area is 90.9 Å². The van der Waals surface area contributed by atoms with Gasteiger partial charge in [0.15, 0.2) is 0 Å². The highest BCUT2D eigenvalue weighted by molar-refractivity contribution is 8.00. The fourth-order valence-electron chi connectivity index (χ4n) is 2.34. The molecule has 2 N–H and O–H groups in total. The molecule has 3 atom stereocenters. The Hall–Kier alpha value is -0.310. The smallest absolute Gasteiger partial charge is 0.0918 e. The second-order valence-electron chi connectivity index (χ2n) is 4.27. The number of rotatable bonds is 4. The fraction of sp³-hybridized carbons (Fsp3) is 0.818. The number of hydrogen-bond acceptors (Lipinski definition) is 3. The highest BCUT2D eigenvalue weighted by atomic mass is 32.2. The van der Waals surface area contributed by atoms with E-state index in [1.807, 2.05) is 0 Å². The molecule has 0 spiro atoms. The number of fused-ring (bicyclic) bond motifs is 1. The lowest BCUT2D eigenvalue weighted by atomic mass is 10.0. The molecule has 0 bridgehead atoms. The molecule has 0 amide bonds. The molecule has 0 aliphatic carbocycles. The Balaban J connectivity index is 1.80. The second-order valence-corrected chi connectivity index (χ2v) is 5.54. The zero-order valence-corrected chi connectivity index (χ0v) is 9.70. The van der Waals surface area contributed by atoms with Gasteiger partial charge in [-0.2, -0.15) is 11.8 Å². The Bertz CT molecular complexity index is 217. The SMILES string of the molecule is C=C1NC2CSC(CCCCC)C2N1. The fourth-order valence-corrected chi connectivity index (χ4v) is 3.89. The summed E-state index contributed by atoms with van der Waals surface area (Å²) in [4.78, 5) is 0. The molecule has 2 fully saturated rings. The molecular formula is C11H20N2S. The number of unbranched alkanes of at least 4 members (excludes halogenated alkanes) is 2. The van der Waals surface area contributed by atoms with Gasteiger partial charge in [0.05, 0.1) is 17.9 Å². The molecule has 3 heteroatoms. The van der Waals surface area contributed by atoms with Crippen LogP contribution in [-0.2, 0) is 0 Å². The molecule has 2 aliphatic rings. The molecular weight excluding hydrogens is 192 g/mol. The van der Waals surface area contributed by atoms with Crippen LogP contribution >= 0.6 is 11.8 Å². The maximum absolute atomic E-state index is 3.94. The summed E-state index contributed by atoms with van der Waals surface area (Å²) in [5.74, 6) is 2.27. The predicted octanol–water partition coefficient (Wildman–Crippen LogP) is 2.08. The highest BCUT2D eigenvalue weighted by Gasteiger charge is 2.40. The van der Waals surface area contributed by atoms with E-state index in [4.69, 9.17) is 0 Å². The lowest BCUT2D eigenvalue weighted by molar-refractivity contribution is 0.514. The Morgan fingerprint density at radius 3 is 3.07 bits per heavy atom. The first-order valence-electron chi connectivity index (χ1n) is 5.65. The Morgan fingerprint density at radius 2 is 2.29 bits per heavy atom. The molecule has 80 valence electrons. The molecule has 2 aliphatic heterocycles. The third-order valence-corrected chi connectivity index (χ3v) is 4.63. The van der Waals surface area contributed by atoms with E-state index in [0.29, 0.717) is 12.1 Å². The van der Waals surface area contributed by atoms with Crippen molar-refractivity contribution in [2.75, 3.05) is 5.75 Å². The van der Waals surface area contributed by atoms with Gasteiger partial charge >= 0.3 is 0 Å². The summed E-state index contributed by atoms with van der Waals surface area (Å²) in [6.07, 6.45) is 5.44. The minimum Gasteiger partial charge on any atom is -0.367 e. The van der Waals surface area contributed by atoms with Crippen molar-refractivity contribution in [3.8, 4) is 0 Å². The molecule has 2 heterocycles. The van der Waals surface area contributed by atoms with Crippen LogP contribution in [-0.4, -0.2) is 23.1 Å². The van der Waals surface area contributed by atoms with Crippen LogP contribution in [0.2, 0.25) is 0 Å². The van der Waals surface area contributed by atoms with Crippen LogP contribution in [0.1, 0.15) is 32.6 Å². The molecule has 3 unspecified atom stereocenters. The van der Waals surface area contributed by atoms with Gasteiger partial charge in [-0.25, -0.2) is 0 Å². The molecule has 0 aromatic rings. The summed E-state index contributed by atoms with van der Waals surface area (Å²) in [7, 11) is 0. The third kappa shape index (κ3) is 2.02. The van der Waals surface area contributed by atoms with Crippen molar-refractivity contribution in [3.63, 3.8) is 0 Å². The summed E-state index contributed by atoms with van der Waals surface area (Å²) in [5.41, 5.74) is 0. The third-order valence-electron chi connectivity index (χ3n) is 3.12. The maximum Gasteiger partial charge on any atom is 0.0918 e. The number of thioether (sulfide) groups is 1. The minimum atomic E-state index is 0.638. The molecule has 0 radical (unpaired) electrons. The van der Waals surface area contributed by atoms with Crippen LogP contribution in [0.25, 0.3) is 0 Å². The molecule has 0 aromatic carbocycles. The number of nitrogens with one attached hydrogen (secondary N) is 2. The van der Waals surface area contributed by atoms with E-state index in [-0.39, 0.29) is 0 Å². The zero-order valence-electron chi connectivity index (χ0n) is 8.88. The largest absolute Gasteiger partial charge is 0.367 e. The van der Waals surface area contributed by atoms with Gasteiger partial charge in [0.2, 0.25) is 0 Å². The van der Waals surface area contributed by atoms with Crippen LogP contribution in [0.15, 0.2) is 12.4 Å². The lowest BCUT2D eigenvalue weighted by Crippen LogP contribution is -2.36. The van der Waals surface area contributed by atoms with Crippen LogP contribution in [0.3, 0.4) is 0 Å². The topological polar surface area (TPSA) is 24.1 Å². The summed E-state index contributed by atoms with van der Waals surface area (Å²) >= 11 is 2.12. The van der Waals surface area contributed by atoms with Gasteiger partial charge < -0.3 is 10.6 Å². The van der Waals surface area contributed by atoms with Gasteiger partial charge in [0.1, 0.15) is 0 Å². The van der Waals surface area contributed by atoms with E-state index in [2.05, 4.69) is 35.9 Å². The highest BCUT2D eigenvalue weighted by Crippen LogP contribution is 2.34. The monoisotopic (exact) mass is 212 g/mol. The van der Waals surface area contributed by atoms with Crippen LogP contribution < -0.4 is 10.6 Å². The van der Waals surface area contributed by atoms with E-state index in [1.165, 1.54) is 31.4 Å². The van der Waals surface area contributed by atoms with Crippen LogP contribution in [0.4, 0.5) is 0 Å². The normalized spacial score (nSPS) is 35.2. The Kier molecular flexibility index (Phi) is 3.26. The lowest BCUT2D eigenvalue weighted by Gasteiger charge is -2.16. The van der Waals surface area contributed by atoms with E-state index in [1.54, 1.807) is 0 Å². The summed E-state index contributed by atoms with van der Waals surface area (Å²) in [6, 6.07) is 1.28. The molecule has 0 aromatic heterocycles. The first-order valence-corrected chi connectivity index (χ1v) is 6.69. The summed E-state index contributed by atoms with van der Waals surface area (Å²) in [6.45, 7) is 6.20. The van der Waals surface area contributed by atoms with Gasteiger partial charge in [-0.05, 0) is 6.42 Å². The van der Waals surface area contributed by atoms with Gasteiger partial charge in [-0.3, -0.25) is 0 Å². The van der Waals surface area contributed by atoms with Gasteiger partial charge in [0, 0.05) is 11.0 Å². The molecule has 2 rings (SSSR count). The average Bonchev–Trinajstić information content (AvgIpc) is 2.66. The molecule has 0 saturated carbocycles. The van der Waals surface area contributed by atoms with Crippen LogP contribution in [0, 0.1) is 0 Å². The molecule has 2 nitrogen and oxygen atoms in total. The zero-order chi connectivity index (χ0) is 9.97. The van der Waals surface area contributed by atoms with E-state index >= 15 is 0 Å². The van der Waals surface area contributed by atoms with Gasteiger partial charge in [-0.15, -0.1) is 0 Å². The van der Waals surface area contributed by atoms with Crippen molar-refractivity contribution >= 4 is 11.8 Å². The van der Waals surface area contributed by atoms with Crippen molar-refractivity contribution in [3.05, 3.63) is 12.4 Å². The van der Waals surface area contributed by atoms with Crippen molar-refractivity contribution in [1.29, 1.82) is 0 Å². The first kappa shape index (κ1) is 10.2. The number of hydrogen-bond donors (Lipinski definition) is 2. The van der Waals surface area contributed by atoms with E-state index < -0.39 is 0 Å². The second kappa shape index (κ2) is 4.47. The maximum atomic E-state index is 3.94. The predicted molar refractivity (Wildman–Crippen MR) is 63.4 cm³/mol. The quantitative estimate of drug-likeness (QED) is 0.698. The standard InChI is InChI=1S/C11H20N2S/c1-3-4-5-6-10-11-9(7-14-10)12-8(2)13-11/h9-13H,2-7H2,1H3. The van der Waals surface area contributed by atoms with E-state index in [9.17, 15) is 0 Å². The van der Waals surface area contributed by atoms with E-state index in [0.717, 1.165) is 11.1 Å². The first-order chi connectivity index (χ1) is 6.81. The van der Waals surface area contributed by atoms with Crippen molar-refractivity contribution in [1.82, 2.24) is 10.6 Å². The summed E-state index contributed by atoms with van der Waals surface area (Å²) < 4.78 is 0. The van der Waals surface area contributed by atoms with Crippen molar-refractivity contribution < 1.29 is 0 Å². The Morgan fingerprint density at radius 1 is 1.43 bits per heavy atom. The van der Waals surface area contributed by atoms with Crippen molar-refractivity contribution in [2.24, 2.45) is 0 Å². The average molecular weight is 212 g/mol. The van der Waals surface area contributed by atoms with Gasteiger partial charge in [-0.1, -0.05) is 32.8 Å². The molecule has 14 heavy (non-hydrogen) atoms. The van der Waals surface area contributed by atoms with Crippen LogP contribution in [0.5, 0.6) is 0 Å². The van der Waals surface area contributed by atoms with Crippen molar-refractivity contribution in [2.45, 2.75) is 49.9 Å². The minimum absolute atomic E-state index is 0.638. The summed E-state index contributed by atoms with van der Waals surface area (Å²) in [5, 5.41) is 7.68.